The number of hydrogen-bond acceptors (Lipinski definition) is 3. The van der Waals surface area contributed by atoms with Gasteiger partial charge in [-0.15, -0.1) is 0 Å². The summed E-state index contributed by atoms with van der Waals surface area (Å²) in [6, 6.07) is 5.43. The molecule has 0 fully saturated rings. The molecule has 0 aromatic heterocycles. The molecule has 0 amide bonds. The van der Waals surface area contributed by atoms with Crippen LogP contribution < -0.4 is 4.74 Å². The Hall–Kier alpha value is 0.1000. The Balaban J connectivity index is 2.31. The van der Waals surface area contributed by atoms with Crippen LogP contribution in [-0.4, -0.2) is 29.8 Å². The van der Waals surface area contributed by atoms with Gasteiger partial charge in [0.1, 0.15) is 5.75 Å². The number of hydrogen-bond donors (Lipinski definition) is 1. The predicted molar refractivity (Wildman–Crippen MR) is 69.1 cm³/mol. The molecule has 1 aromatic carbocycles. The summed E-state index contributed by atoms with van der Waals surface area (Å²) < 4.78 is 6.39. The molecule has 0 atom stereocenters. The molecule has 0 saturated carbocycles. The fourth-order valence-corrected chi connectivity index (χ4v) is 2.30. The molecule has 0 saturated heterocycles. The Morgan fingerprint density at radius 1 is 1.40 bits per heavy atom. The largest absolute Gasteiger partial charge is 0.492 e. The Labute approximate surface area is 107 Å². The van der Waals surface area contributed by atoms with Crippen molar-refractivity contribution in [1.29, 1.82) is 0 Å². The van der Waals surface area contributed by atoms with E-state index in [2.05, 4.69) is 15.9 Å². The second-order valence-electron chi connectivity index (χ2n) is 2.76. The number of aliphatic hydroxyl groups excluding tert-OH is 1. The molecule has 0 bridgehead atoms. The maximum Gasteiger partial charge on any atom is 0.133 e. The van der Waals surface area contributed by atoms with Crippen molar-refractivity contribution in [2.24, 2.45) is 0 Å². The lowest BCUT2D eigenvalue weighted by molar-refractivity contribution is 0.321. The summed E-state index contributed by atoms with van der Waals surface area (Å²) in [5.41, 5.74) is 0. The molecule has 0 spiro atoms. The molecule has 15 heavy (non-hydrogen) atoms. The lowest BCUT2D eigenvalue weighted by atomic mass is 10.3. The van der Waals surface area contributed by atoms with Crippen LogP contribution >= 0.6 is 39.3 Å². The minimum absolute atomic E-state index is 0.218. The fraction of sp³-hybridized carbons (Fsp3) is 0.400. The van der Waals surface area contributed by atoms with Gasteiger partial charge in [-0.05, 0) is 34.1 Å². The third-order valence-electron chi connectivity index (χ3n) is 1.61. The molecule has 0 aliphatic carbocycles. The zero-order chi connectivity index (χ0) is 11.1. The van der Waals surface area contributed by atoms with Crippen molar-refractivity contribution < 1.29 is 9.84 Å². The van der Waals surface area contributed by atoms with E-state index in [-0.39, 0.29) is 6.61 Å². The van der Waals surface area contributed by atoms with Crippen molar-refractivity contribution in [2.75, 3.05) is 24.7 Å². The zero-order valence-corrected chi connectivity index (χ0v) is 11.2. The Bertz CT molecular complexity index is 309. The summed E-state index contributed by atoms with van der Waals surface area (Å²) in [5.74, 6) is 2.42. The normalized spacial score (nSPS) is 10.3. The Morgan fingerprint density at radius 3 is 2.87 bits per heavy atom. The number of aliphatic hydroxyl groups is 1. The Kier molecular flexibility index (Phi) is 6.48. The second-order valence-corrected chi connectivity index (χ2v) is 5.27. The van der Waals surface area contributed by atoms with Gasteiger partial charge < -0.3 is 9.84 Å². The van der Waals surface area contributed by atoms with Crippen molar-refractivity contribution in [1.82, 2.24) is 0 Å². The minimum Gasteiger partial charge on any atom is -0.492 e. The van der Waals surface area contributed by atoms with Crippen molar-refractivity contribution in [3.63, 3.8) is 0 Å². The van der Waals surface area contributed by atoms with E-state index in [0.717, 1.165) is 21.7 Å². The molecule has 84 valence electrons. The standard InChI is InChI=1S/C10H12BrClO2S/c11-9-7-8(12)1-2-10(9)14-4-6-15-5-3-13/h1-2,7,13H,3-6H2. The van der Waals surface area contributed by atoms with E-state index >= 15 is 0 Å². The molecule has 0 unspecified atom stereocenters. The van der Waals surface area contributed by atoms with Gasteiger partial charge in [0.2, 0.25) is 0 Å². The van der Waals surface area contributed by atoms with Gasteiger partial charge >= 0.3 is 0 Å². The van der Waals surface area contributed by atoms with E-state index in [1.165, 1.54) is 0 Å². The lowest BCUT2D eigenvalue weighted by Gasteiger charge is -2.07. The van der Waals surface area contributed by atoms with Gasteiger partial charge in [-0.1, -0.05) is 11.6 Å². The number of rotatable bonds is 6. The molecule has 5 heteroatoms. The van der Waals surface area contributed by atoms with Gasteiger partial charge in [0, 0.05) is 16.5 Å². The highest BCUT2D eigenvalue weighted by atomic mass is 79.9. The number of benzene rings is 1. The number of thioether (sulfide) groups is 1. The first-order chi connectivity index (χ1) is 7.24. The van der Waals surface area contributed by atoms with Crippen LogP contribution in [0.25, 0.3) is 0 Å². The van der Waals surface area contributed by atoms with Crippen molar-refractivity contribution in [3.05, 3.63) is 27.7 Å². The highest BCUT2D eigenvalue weighted by Gasteiger charge is 2.01. The van der Waals surface area contributed by atoms with E-state index in [1.807, 2.05) is 6.07 Å². The monoisotopic (exact) mass is 310 g/mol. The highest BCUT2D eigenvalue weighted by Crippen LogP contribution is 2.27. The lowest BCUT2D eigenvalue weighted by Crippen LogP contribution is -2.02. The summed E-state index contributed by atoms with van der Waals surface area (Å²) in [5, 5.41) is 9.26. The van der Waals surface area contributed by atoms with Crippen LogP contribution in [-0.2, 0) is 0 Å². The summed E-state index contributed by atoms with van der Waals surface area (Å²) in [4.78, 5) is 0. The average molecular weight is 312 g/mol. The van der Waals surface area contributed by atoms with Gasteiger partial charge in [-0.25, -0.2) is 0 Å². The first-order valence-electron chi connectivity index (χ1n) is 4.50. The third-order valence-corrected chi connectivity index (χ3v) is 3.40. The quantitative estimate of drug-likeness (QED) is 0.818. The highest BCUT2D eigenvalue weighted by molar-refractivity contribution is 9.10. The molecular formula is C10H12BrClO2S. The van der Waals surface area contributed by atoms with Gasteiger partial charge in [0.15, 0.2) is 0 Å². The van der Waals surface area contributed by atoms with E-state index in [0.29, 0.717) is 11.6 Å². The van der Waals surface area contributed by atoms with E-state index in [4.69, 9.17) is 21.4 Å². The molecule has 1 aromatic rings. The smallest absolute Gasteiger partial charge is 0.133 e. The molecule has 1 N–H and O–H groups in total. The summed E-state index contributed by atoms with van der Waals surface area (Å²) in [7, 11) is 0. The molecule has 0 aliphatic heterocycles. The van der Waals surface area contributed by atoms with Crippen LogP contribution in [0.15, 0.2) is 22.7 Å². The fourth-order valence-electron chi connectivity index (χ4n) is 0.969. The summed E-state index contributed by atoms with van der Waals surface area (Å²) >= 11 is 10.8. The maximum atomic E-state index is 8.57. The predicted octanol–water partition coefficient (Wildman–Crippen LogP) is 3.21. The van der Waals surface area contributed by atoms with Gasteiger partial charge in [-0.3, -0.25) is 0 Å². The third kappa shape index (κ3) is 5.11. The van der Waals surface area contributed by atoms with Crippen LogP contribution in [0.3, 0.4) is 0 Å². The van der Waals surface area contributed by atoms with Crippen LogP contribution in [0.1, 0.15) is 0 Å². The van der Waals surface area contributed by atoms with Crippen LogP contribution in [0.2, 0.25) is 5.02 Å². The van der Waals surface area contributed by atoms with E-state index in [9.17, 15) is 0 Å². The number of halogens is 2. The van der Waals surface area contributed by atoms with Crippen LogP contribution in [0, 0.1) is 0 Å². The molecule has 2 nitrogen and oxygen atoms in total. The zero-order valence-electron chi connectivity index (χ0n) is 8.08. The van der Waals surface area contributed by atoms with Crippen molar-refractivity contribution >= 4 is 39.3 Å². The SMILES string of the molecule is OCCSCCOc1ccc(Cl)cc1Br. The van der Waals surface area contributed by atoms with E-state index < -0.39 is 0 Å². The molecule has 0 radical (unpaired) electrons. The molecule has 0 heterocycles. The topological polar surface area (TPSA) is 29.5 Å². The Morgan fingerprint density at radius 2 is 2.20 bits per heavy atom. The van der Waals surface area contributed by atoms with E-state index in [1.54, 1.807) is 23.9 Å². The number of ether oxygens (including phenoxy) is 1. The second kappa shape index (κ2) is 7.39. The summed E-state index contributed by atoms with van der Waals surface area (Å²) in [6.07, 6.45) is 0. The van der Waals surface area contributed by atoms with Gasteiger partial charge in [0.05, 0.1) is 17.7 Å². The first kappa shape index (κ1) is 13.2. The van der Waals surface area contributed by atoms with Gasteiger partial charge in [-0.2, -0.15) is 11.8 Å². The first-order valence-corrected chi connectivity index (χ1v) is 6.83. The van der Waals surface area contributed by atoms with Crippen molar-refractivity contribution in [3.8, 4) is 5.75 Å². The minimum atomic E-state index is 0.218. The molecule has 0 aliphatic rings. The summed E-state index contributed by atoms with van der Waals surface area (Å²) in [6.45, 7) is 0.847. The average Bonchev–Trinajstić information content (AvgIpc) is 2.20. The van der Waals surface area contributed by atoms with Gasteiger partial charge in [0.25, 0.3) is 0 Å². The molecule has 1 rings (SSSR count). The molecular weight excluding hydrogens is 300 g/mol. The van der Waals surface area contributed by atoms with Crippen molar-refractivity contribution in [2.45, 2.75) is 0 Å². The maximum absolute atomic E-state index is 8.57. The van der Waals surface area contributed by atoms with Crippen LogP contribution in [0.5, 0.6) is 5.75 Å². The van der Waals surface area contributed by atoms with Crippen LogP contribution in [0.4, 0.5) is 0 Å².